The molecule has 0 atom stereocenters. The van der Waals surface area contributed by atoms with E-state index in [-0.39, 0.29) is 5.54 Å². The van der Waals surface area contributed by atoms with Gasteiger partial charge in [0.05, 0.1) is 16.9 Å². The molecule has 1 aromatic carbocycles. The zero-order valence-electron chi connectivity index (χ0n) is 10.3. The lowest BCUT2D eigenvalue weighted by Gasteiger charge is -2.27. The Morgan fingerprint density at radius 1 is 1.41 bits per heavy atom. The van der Waals surface area contributed by atoms with Gasteiger partial charge in [-0.25, -0.2) is 4.98 Å². The predicted molar refractivity (Wildman–Crippen MR) is 76.6 cm³/mol. The van der Waals surface area contributed by atoms with E-state index in [9.17, 15) is 0 Å². The van der Waals surface area contributed by atoms with Gasteiger partial charge in [0.2, 0.25) is 0 Å². The van der Waals surface area contributed by atoms with Crippen molar-refractivity contribution < 1.29 is 0 Å². The number of nitrogens with zero attached hydrogens (tertiary/aromatic N) is 2. The summed E-state index contributed by atoms with van der Waals surface area (Å²) in [6.45, 7) is 6.61. The first-order valence-corrected chi connectivity index (χ1v) is 7.05. The van der Waals surface area contributed by atoms with Crippen LogP contribution in [0.5, 0.6) is 0 Å². The Labute approximate surface area is 115 Å². The molecule has 1 heterocycles. The SMILES string of the molecule is CCC(C)(C)n1c(CCl)nc2ccc(Br)cc21. The van der Waals surface area contributed by atoms with Crippen LogP contribution in [0.3, 0.4) is 0 Å². The van der Waals surface area contributed by atoms with Gasteiger partial charge in [-0.1, -0.05) is 22.9 Å². The van der Waals surface area contributed by atoms with Gasteiger partial charge in [0.15, 0.2) is 0 Å². The summed E-state index contributed by atoms with van der Waals surface area (Å²) in [7, 11) is 0. The third-order valence-corrected chi connectivity index (χ3v) is 4.01. The molecule has 0 N–H and O–H groups in total. The fourth-order valence-electron chi connectivity index (χ4n) is 2.02. The summed E-state index contributed by atoms with van der Waals surface area (Å²) >= 11 is 9.52. The summed E-state index contributed by atoms with van der Waals surface area (Å²) < 4.78 is 3.32. The van der Waals surface area contributed by atoms with Crippen LogP contribution in [0.1, 0.15) is 33.0 Å². The first kappa shape index (κ1) is 12.9. The van der Waals surface area contributed by atoms with Crippen molar-refractivity contribution in [1.29, 1.82) is 0 Å². The lowest BCUT2D eigenvalue weighted by Crippen LogP contribution is -2.26. The standard InChI is InChI=1S/C13H16BrClN2/c1-4-13(2,3)17-11-7-9(14)5-6-10(11)16-12(17)8-15/h5-7H,4,8H2,1-3H3. The zero-order chi connectivity index (χ0) is 12.6. The van der Waals surface area contributed by atoms with Crippen LogP contribution < -0.4 is 0 Å². The van der Waals surface area contributed by atoms with E-state index in [1.54, 1.807) is 0 Å². The highest BCUT2D eigenvalue weighted by atomic mass is 79.9. The molecule has 0 amide bonds. The Bertz CT molecular complexity index is 546. The third kappa shape index (κ3) is 2.23. The normalized spacial score (nSPS) is 12.3. The van der Waals surface area contributed by atoms with Crippen LogP contribution in [0.2, 0.25) is 0 Å². The number of halogens is 2. The van der Waals surface area contributed by atoms with Gasteiger partial charge in [-0.3, -0.25) is 0 Å². The van der Waals surface area contributed by atoms with E-state index < -0.39 is 0 Å². The zero-order valence-corrected chi connectivity index (χ0v) is 12.6. The predicted octanol–water partition coefficient (Wildman–Crippen LogP) is 4.68. The highest BCUT2D eigenvalue weighted by Crippen LogP contribution is 2.30. The average molecular weight is 316 g/mol. The van der Waals surface area contributed by atoms with E-state index in [1.165, 1.54) is 0 Å². The van der Waals surface area contributed by atoms with Gasteiger partial charge in [-0.15, -0.1) is 11.6 Å². The molecule has 0 unspecified atom stereocenters. The topological polar surface area (TPSA) is 17.8 Å². The van der Waals surface area contributed by atoms with Gasteiger partial charge in [-0.05, 0) is 38.5 Å². The van der Waals surface area contributed by atoms with Crippen molar-refractivity contribution in [2.45, 2.75) is 38.6 Å². The van der Waals surface area contributed by atoms with Crippen LogP contribution in [-0.4, -0.2) is 9.55 Å². The van der Waals surface area contributed by atoms with Gasteiger partial charge in [0.1, 0.15) is 5.82 Å². The minimum Gasteiger partial charge on any atom is -0.321 e. The number of alkyl halides is 1. The van der Waals surface area contributed by atoms with Crippen molar-refractivity contribution in [3.05, 3.63) is 28.5 Å². The quantitative estimate of drug-likeness (QED) is 0.752. The highest BCUT2D eigenvalue weighted by molar-refractivity contribution is 9.10. The molecule has 1 aromatic heterocycles. The van der Waals surface area contributed by atoms with Gasteiger partial charge in [0.25, 0.3) is 0 Å². The maximum atomic E-state index is 6.01. The lowest BCUT2D eigenvalue weighted by atomic mass is 10.0. The number of imidazole rings is 1. The first-order valence-electron chi connectivity index (χ1n) is 5.73. The van der Waals surface area contributed by atoms with E-state index in [4.69, 9.17) is 11.6 Å². The number of fused-ring (bicyclic) bond motifs is 1. The maximum Gasteiger partial charge on any atom is 0.125 e. The lowest BCUT2D eigenvalue weighted by molar-refractivity contribution is 0.344. The monoisotopic (exact) mass is 314 g/mol. The molecule has 0 aliphatic rings. The molecule has 92 valence electrons. The van der Waals surface area contributed by atoms with E-state index in [0.29, 0.717) is 5.88 Å². The Kier molecular flexibility index (Phi) is 3.50. The first-order chi connectivity index (χ1) is 7.99. The largest absolute Gasteiger partial charge is 0.321 e. The van der Waals surface area contributed by atoms with Crippen molar-refractivity contribution >= 4 is 38.6 Å². The van der Waals surface area contributed by atoms with E-state index >= 15 is 0 Å². The van der Waals surface area contributed by atoms with Gasteiger partial charge < -0.3 is 4.57 Å². The van der Waals surface area contributed by atoms with Gasteiger partial charge in [0, 0.05) is 10.0 Å². The molecule has 17 heavy (non-hydrogen) atoms. The Hall–Kier alpha value is -0.540. The van der Waals surface area contributed by atoms with Crippen LogP contribution in [0.25, 0.3) is 11.0 Å². The molecule has 0 bridgehead atoms. The Morgan fingerprint density at radius 3 is 2.71 bits per heavy atom. The molecule has 0 radical (unpaired) electrons. The van der Waals surface area contributed by atoms with E-state index in [2.05, 4.69) is 52.3 Å². The van der Waals surface area contributed by atoms with Crippen LogP contribution >= 0.6 is 27.5 Å². The molecular formula is C13H16BrClN2. The Balaban J connectivity index is 2.77. The van der Waals surface area contributed by atoms with Gasteiger partial charge in [-0.2, -0.15) is 0 Å². The van der Waals surface area contributed by atoms with Gasteiger partial charge >= 0.3 is 0 Å². The van der Waals surface area contributed by atoms with Crippen molar-refractivity contribution in [2.75, 3.05) is 0 Å². The van der Waals surface area contributed by atoms with E-state index in [0.717, 1.165) is 27.8 Å². The van der Waals surface area contributed by atoms with Crippen LogP contribution in [0, 0.1) is 0 Å². The molecule has 0 aliphatic heterocycles. The smallest absolute Gasteiger partial charge is 0.125 e. The van der Waals surface area contributed by atoms with Crippen LogP contribution in [0.15, 0.2) is 22.7 Å². The maximum absolute atomic E-state index is 6.01. The highest BCUT2D eigenvalue weighted by Gasteiger charge is 2.23. The van der Waals surface area contributed by atoms with Crippen molar-refractivity contribution in [1.82, 2.24) is 9.55 Å². The Morgan fingerprint density at radius 2 is 2.12 bits per heavy atom. The molecule has 4 heteroatoms. The second-order valence-corrected chi connectivity index (χ2v) is 5.98. The molecule has 0 aliphatic carbocycles. The van der Waals surface area contributed by atoms with Crippen LogP contribution in [-0.2, 0) is 11.4 Å². The summed E-state index contributed by atoms with van der Waals surface area (Å²) in [6.07, 6.45) is 1.04. The number of benzene rings is 1. The number of hydrogen-bond acceptors (Lipinski definition) is 1. The summed E-state index contributed by atoms with van der Waals surface area (Å²) in [6, 6.07) is 6.14. The second-order valence-electron chi connectivity index (χ2n) is 4.80. The van der Waals surface area contributed by atoms with Crippen LogP contribution in [0.4, 0.5) is 0 Å². The molecule has 0 spiro atoms. The summed E-state index contributed by atoms with van der Waals surface area (Å²) in [4.78, 5) is 4.60. The fourth-order valence-corrected chi connectivity index (χ4v) is 2.55. The third-order valence-electron chi connectivity index (χ3n) is 3.28. The summed E-state index contributed by atoms with van der Waals surface area (Å²) in [5.41, 5.74) is 2.17. The average Bonchev–Trinajstić information content (AvgIpc) is 2.67. The minimum atomic E-state index is 0.0275. The van der Waals surface area contributed by atoms with Crippen molar-refractivity contribution in [2.24, 2.45) is 0 Å². The summed E-state index contributed by atoms with van der Waals surface area (Å²) in [5.74, 6) is 1.38. The molecule has 2 aromatic rings. The molecule has 2 rings (SSSR count). The fraction of sp³-hybridized carbons (Fsp3) is 0.462. The van der Waals surface area contributed by atoms with Crippen molar-refractivity contribution in [3.8, 4) is 0 Å². The van der Waals surface area contributed by atoms with E-state index in [1.807, 2.05) is 12.1 Å². The minimum absolute atomic E-state index is 0.0275. The molecule has 2 nitrogen and oxygen atoms in total. The molecule has 0 saturated heterocycles. The molecular weight excluding hydrogens is 300 g/mol. The number of hydrogen-bond donors (Lipinski definition) is 0. The molecule has 0 fully saturated rings. The van der Waals surface area contributed by atoms with Crippen molar-refractivity contribution in [3.63, 3.8) is 0 Å². The second kappa shape index (κ2) is 4.62. The number of aromatic nitrogens is 2. The summed E-state index contributed by atoms with van der Waals surface area (Å²) in [5, 5.41) is 0. The number of rotatable bonds is 3. The molecule has 0 saturated carbocycles.